The number of carbonyl (C=O) groups excluding carboxylic acids is 2. The Balaban J connectivity index is 2.61. The lowest BCUT2D eigenvalue weighted by Gasteiger charge is -2.02. The second kappa shape index (κ2) is 5.92. The first-order valence-corrected chi connectivity index (χ1v) is 7.57. The highest BCUT2D eigenvalue weighted by Crippen LogP contribution is 2.10. The third-order valence-electron chi connectivity index (χ3n) is 1.79. The molecule has 0 bridgehead atoms. The second-order valence-electron chi connectivity index (χ2n) is 3.24. The minimum Gasteiger partial charge on any atom is -0.465 e. The molecular weight excluding hydrogens is 264 g/mol. The summed E-state index contributed by atoms with van der Waals surface area (Å²) in [7, 11) is -3.75. The van der Waals surface area contributed by atoms with Crippen LogP contribution in [0.15, 0.2) is 17.5 Å². The van der Waals surface area contributed by atoms with E-state index in [1.54, 1.807) is 24.4 Å². The number of Topliss-reactive ketones (excluding diaryl/α,β-unsaturated/α-hetero) is 1. The Bertz CT molecular complexity index is 487. The Morgan fingerprint density at radius 1 is 1.35 bits per heavy atom. The van der Waals surface area contributed by atoms with Gasteiger partial charge in [0.05, 0.1) is 11.5 Å². The molecule has 1 aromatic rings. The highest BCUT2D eigenvalue weighted by atomic mass is 32.2. The zero-order valence-corrected chi connectivity index (χ0v) is 10.8. The summed E-state index contributed by atoms with van der Waals surface area (Å²) in [6.45, 7) is 1.70. The summed E-state index contributed by atoms with van der Waals surface area (Å²) < 4.78 is 27.5. The van der Waals surface area contributed by atoms with Crippen LogP contribution in [-0.4, -0.2) is 38.3 Å². The number of hydrogen-bond donors (Lipinski definition) is 0. The molecular formula is C10H12O5S2. The maximum atomic E-state index is 11.5. The van der Waals surface area contributed by atoms with Gasteiger partial charge in [0, 0.05) is 0 Å². The number of sulfone groups is 1. The maximum Gasteiger partial charge on any atom is 0.321 e. The van der Waals surface area contributed by atoms with Gasteiger partial charge in [-0.25, -0.2) is 8.42 Å². The van der Waals surface area contributed by atoms with Crippen molar-refractivity contribution >= 4 is 32.9 Å². The van der Waals surface area contributed by atoms with E-state index in [-0.39, 0.29) is 6.61 Å². The van der Waals surface area contributed by atoms with E-state index in [0.717, 1.165) is 0 Å². The number of hydrogen-bond acceptors (Lipinski definition) is 6. The van der Waals surface area contributed by atoms with Crippen LogP contribution < -0.4 is 0 Å². The van der Waals surface area contributed by atoms with Crippen LogP contribution in [0, 0.1) is 0 Å². The van der Waals surface area contributed by atoms with E-state index in [1.165, 1.54) is 11.3 Å². The normalized spacial score (nSPS) is 11.1. The zero-order chi connectivity index (χ0) is 12.9. The number of esters is 1. The van der Waals surface area contributed by atoms with Crippen molar-refractivity contribution in [2.45, 2.75) is 6.92 Å². The van der Waals surface area contributed by atoms with Crippen molar-refractivity contribution in [3.8, 4) is 0 Å². The Morgan fingerprint density at radius 3 is 2.59 bits per heavy atom. The van der Waals surface area contributed by atoms with E-state index in [2.05, 4.69) is 4.74 Å². The standard InChI is InChI=1S/C10H12O5S2/c1-2-15-10(12)7-17(13,14)6-8(11)9-4-3-5-16-9/h3-5H,2,6-7H2,1H3. The van der Waals surface area contributed by atoms with Crippen LogP contribution in [0.4, 0.5) is 0 Å². The van der Waals surface area contributed by atoms with Gasteiger partial charge in [-0.3, -0.25) is 9.59 Å². The molecule has 0 saturated heterocycles. The van der Waals surface area contributed by atoms with Crippen LogP contribution in [0.2, 0.25) is 0 Å². The van der Waals surface area contributed by atoms with Crippen LogP contribution in [0.5, 0.6) is 0 Å². The molecule has 0 aliphatic heterocycles. The van der Waals surface area contributed by atoms with Gasteiger partial charge in [-0.15, -0.1) is 11.3 Å². The molecule has 1 heterocycles. The summed E-state index contributed by atoms with van der Waals surface area (Å²) in [5, 5.41) is 1.69. The van der Waals surface area contributed by atoms with Gasteiger partial charge >= 0.3 is 5.97 Å². The van der Waals surface area contributed by atoms with Crippen molar-refractivity contribution in [1.82, 2.24) is 0 Å². The number of ether oxygens (including phenoxy) is 1. The molecule has 0 fully saturated rings. The minimum atomic E-state index is -3.75. The monoisotopic (exact) mass is 276 g/mol. The van der Waals surface area contributed by atoms with Crippen molar-refractivity contribution < 1.29 is 22.7 Å². The third kappa shape index (κ3) is 4.66. The van der Waals surface area contributed by atoms with Gasteiger partial charge in [-0.1, -0.05) is 6.07 Å². The van der Waals surface area contributed by atoms with Gasteiger partial charge in [-0.2, -0.15) is 0 Å². The fourth-order valence-corrected chi connectivity index (χ4v) is 3.00. The quantitative estimate of drug-likeness (QED) is 0.570. The molecule has 0 aliphatic rings. The predicted octanol–water partition coefficient (Wildman–Crippen LogP) is 0.909. The van der Waals surface area contributed by atoms with Crippen molar-refractivity contribution in [2.24, 2.45) is 0 Å². The van der Waals surface area contributed by atoms with E-state index >= 15 is 0 Å². The van der Waals surface area contributed by atoms with Crippen molar-refractivity contribution in [3.05, 3.63) is 22.4 Å². The maximum absolute atomic E-state index is 11.5. The molecule has 0 N–H and O–H groups in total. The lowest BCUT2D eigenvalue weighted by molar-refractivity contribution is -0.139. The highest BCUT2D eigenvalue weighted by Gasteiger charge is 2.22. The molecule has 17 heavy (non-hydrogen) atoms. The Kier molecular flexibility index (Phi) is 4.83. The zero-order valence-electron chi connectivity index (χ0n) is 9.21. The van der Waals surface area contributed by atoms with Gasteiger partial charge in [0.15, 0.2) is 15.6 Å². The molecule has 0 unspecified atom stereocenters. The summed E-state index contributed by atoms with van der Waals surface area (Å²) in [6, 6.07) is 3.21. The van der Waals surface area contributed by atoms with Crippen LogP contribution in [0.3, 0.4) is 0 Å². The van der Waals surface area contributed by atoms with Crippen LogP contribution in [-0.2, 0) is 19.4 Å². The summed E-state index contributed by atoms with van der Waals surface area (Å²) in [4.78, 5) is 22.9. The second-order valence-corrected chi connectivity index (χ2v) is 6.25. The Morgan fingerprint density at radius 2 is 2.06 bits per heavy atom. The molecule has 0 aliphatic carbocycles. The Hall–Kier alpha value is -1.21. The van der Waals surface area contributed by atoms with E-state index < -0.39 is 33.1 Å². The van der Waals surface area contributed by atoms with Gasteiger partial charge < -0.3 is 4.74 Å². The van der Waals surface area contributed by atoms with Crippen molar-refractivity contribution in [2.75, 3.05) is 18.1 Å². The van der Waals surface area contributed by atoms with Crippen LogP contribution in [0.1, 0.15) is 16.6 Å². The fourth-order valence-electron chi connectivity index (χ4n) is 1.14. The minimum absolute atomic E-state index is 0.118. The molecule has 0 amide bonds. The average Bonchev–Trinajstić information content (AvgIpc) is 2.68. The van der Waals surface area contributed by atoms with Crippen molar-refractivity contribution in [3.63, 3.8) is 0 Å². The fraction of sp³-hybridized carbons (Fsp3) is 0.400. The number of ketones is 1. The number of thiophene rings is 1. The largest absolute Gasteiger partial charge is 0.465 e. The van der Waals surface area contributed by atoms with Gasteiger partial charge in [0.25, 0.3) is 0 Å². The molecule has 7 heteroatoms. The molecule has 0 saturated carbocycles. The summed E-state index contributed by atoms with van der Waals surface area (Å²) in [6.07, 6.45) is 0. The van der Waals surface area contributed by atoms with Gasteiger partial charge in [0.1, 0.15) is 11.5 Å². The molecule has 0 atom stereocenters. The molecule has 0 radical (unpaired) electrons. The van der Waals surface area contributed by atoms with E-state index in [1.807, 2.05) is 0 Å². The number of rotatable bonds is 6. The van der Waals surface area contributed by atoms with E-state index in [9.17, 15) is 18.0 Å². The topological polar surface area (TPSA) is 77.5 Å². The van der Waals surface area contributed by atoms with E-state index in [0.29, 0.717) is 4.88 Å². The van der Waals surface area contributed by atoms with Crippen LogP contribution in [0.25, 0.3) is 0 Å². The lowest BCUT2D eigenvalue weighted by Crippen LogP contribution is -2.24. The molecule has 94 valence electrons. The molecule has 1 rings (SSSR count). The Labute approximate surface area is 103 Å². The lowest BCUT2D eigenvalue weighted by atomic mass is 10.4. The molecule has 0 aromatic carbocycles. The molecule has 5 nitrogen and oxygen atoms in total. The smallest absolute Gasteiger partial charge is 0.321 e. The predicted molar refractivity (Wildman–Crippen MR) is 63.9 cm³/mol. The van der Waals surface area contributed by atoms with Gasteiger partial charge in [-0.05, 0) is 18.4 Å². The average molecular weight is 276 g/mol. The summed E-state index contributed by atoms with van der Waals surface area (Å²) in [5.74, 6) is -2.74. The number of carbonyl (C=O) groups is 2. The SMILES string of the molecule is CCOC(=O)CS(=O)(=O)CC(=O)c1cccs1. The van der Waals surface area contributed by atoms with Gasteiger partial charge in [0.2, 0.25) is 0 Å². The summed E-state index contributed by atoms with van der Waals surface area (Å²) in [5.41, 5.74) is 0. The van der Waals surface area contributed by atoms with Crippen LogP contribution >= 0.6 is 11.3 Å². The first-order valence-electron chi connectivity index (χ1n) is 4.87. The molecule has 1 aromatic heterocycles. The van der Waals surface area contributed by atoms with Crippen molar-refractivity contribution in [1.29, 1.82) is 0 Å². The first kappa shape index (κ1) is 13.9. The highest BCUT2D eigenvalue weighted by molar-refractivity contribution is 7.92. The molecule has 0 spiro atoms. The van der Waals surface area contributed by atoms with E-state index in [4.69, 9.17) is 0 Å². The first-order chi connectivity index (χ1) is 7.94. The third-order valence-corrected chi connectivity index (χ3v) is 4.08. The summed E-state index contributed by atoms with van der Waals surface area (Å²) >= 11 is 1.17.